The number of methoxy groups -OCH3 is 1. The van der Waals surface area contributed by atoms with Crippen LogP contribution in [-0.2, 0) is 4.79 Å². The number of aliphatic carboxylic acids is 1. The molecule has 0 spiro atoms. The van der Waals surface area contributed by atoms with Crippen LogP contribution < -0.4 is 4.74 Å². The Morgan fingerprint density at radius 3 is 2.77 bits per heavy atom. The number of hydrogen-bond donors (Lipinski definition) is 1. The van der Waals surface area contributed by atoms with E-state index in [0.717, 1.165) is 5.56 Å². The zero-order chi connectivity index (χ0) is 9.84. The summed E-state index contributed by atoms with van der Waals surface area (Å²) in [5.41, 5.74) is 0.756. The van der Waals surface area contributed by atoms with Crippen molar-refractivity contribution in [2.45, 2.75) is 12.8 Å². The average molecular weight is 180 g/mol. The van der Waals surface area contributed by atoms with Gasteiger partial charge >= 0.3 is 5.97 Å². The molecule has 0 bridgehead atoms. The van der Waals surface area contributed by atoms with Crippen LogP contribution in [0.4, 0.5) is 0 Å². The van der Waals surface area contributed by atoms with E-state index in [1.807, 2.05) is 0 Å². The van der Waals surface area contributed by atoms with Crippen molar-refractivity contribution in [2.75, 3.05) is 7.11 Å². The molecular weight excluding hydrogens is 168 g/mol. The Morgan fingerprint density at radius 2 is 2.23 bits per heavy atom. The summed E-state index contributed by atoms with van der Waals surface area (Å²) in [5, 5.41) is 8.76. The number of carbonyl (C=O) groups is 1. The highest BCUT2D eigenvalue weighted by atomic mass is 16.5. The zero-order valence-electron chi connectivity index (χ0n) is 7.65. The van der Waals surface area contributed by atoms with Crippen molar-refractivity contribution in [1.29, 1.82) is 0 Å². The quantitative estimate of drug-likeness (QED) is 0.772. The summed E-state index contributed by atoms with van der Waals surface area (Å²) in [6, 6.07) is 7.09. The number of carboxylic acids is 1. The van der Waals surface area contributed by atoms with Crippen molar-refractivity contribution in [3.63, 3.8) is 0 Å². The van der Waals surface area contributed by atoms with Crippen molar-refractivity contribution in [3.05, 3.63) is 29.8 Å². The lowest BCUT2D eigenvalue weighted by Crippen LogP contribution is -2.07. The van der Waals surface area contributed by atoms with Gasteiger partial charge in [0.2, 0.25) is 0 Å². The maximum absolute atomic E-state index is 10.7. The van der Waals surface area contributed by atoms with Crippen LogP contribution in [-0.4, -0.2) is 18.2 Å². The summed E-state index contributed by atoms with van der Waals surface area (Å²) >= 11 is 0. The molecule has 1 N–H and O–H groups in total. The summed E-state index contributed by atoms with van der Waals surface area (Å²) in [5.74, 6) is -0.631. The second kappa shape index (κ2) is 3.94. The van der Waals surface area contributed by atoms with Crippen LogP contribution in [0.25, 0.3) is 0 Å². The number of ether oxygens (including phenoxy) is 1. The van der Waals surface area contributed by atoms with Crippen LogP contribution in [0.2, 0.25) is 0 Å². The van der Waals surface area contributed by atoms with Gasteiger partial charge in [0.1, 0.15) is 5.75 Å². The van der Waals surface area contributed by atoms with Gasteiger partial charge in [0.25, 0.3) is 0 Å². The Morgan fingerprint density at radius 1 is 1.54 bits per heavy atom. The molecule has 0 radical (unpaired) electrons. The lowest BCUT2D eigenvalue weighted by atomic mass is 10.0. The van der Waals surface area contributed by atoms with Crippen LogP contribution in [0.5, 0.6) is 5.75 Å². The number of hydrogen-bond acceptors (Lipinski definition) is 2. The first-order chi connectivity index (χ1) is 6.15. The molecule has 1 aromatic rings. The van der Waals surface area contributed by atoms with Crippen LogP contribution >= 0.6 is 0 Å². The molecule has 0 fully saturated rings. The Balaban J connectivity index is 2.94. The third-order valence-electron chi connectivity index (χ3n) is 1.96. The number of benzene rings is 1. The monoisotopic (exact) mass is 180 g/mol. The first kappa shape index (κ1) is 9.58. The normalized spacial score (nSPS) is 12.2. The standard InChI is InChI=1S/C10H12O3/c1-7(10(11)12)8-4-3-5-9(6-8)13-2/h3-7H,1-2H3,(H,11,12)/t7-/m0/s1. The second-order valence-electron chi connectivity index (χ2n) is 2.84. The average Bonchev–Trinajstić information content (AvgIpc) is 2.16. The molecule has 0 saturated heterocycles. The second-order valence-corrected chi connectivity index (χ2v) is 2.84. The van der Waals surface area contributed by atoms with E-state index in [1.54, 1.807) is 38.3 Å². The summed E-state index contributed by atoms with van der Waals surface area (Å²) in [7, 11) is 1.56. The number of rotatable bonds is 3. The molecule has 13 heavy (non-hydrogen) atoms. The van der Waals surface area contributed by atoms with E-state index in [2.05, 4.69) is 0 Å². The summed E-state index contributed by atoms with van der Waals surface area (Å²) in [6.45, 7) is 1.65. The van der Waals surface area contributed by atoms with E-state index in [4.69, 9.17) is 9.84 Å². The number of carboxylic acid groups (broad SMARTS) is 1. The summed E-state index contributed by atoms with van der Waals surface area (Å²) < 4.78 is 4.99. The van der Waals surface area contributed by atoms with Crippen LogP contribution in [0, 0.1) is 0 Å². The van der Waals surface area contributed by atoms with Crippen molar-refractivity contribution in [3.8, 4) is 5.75 Å². The minimum atomic E-state index is -0.826. The maximum atomic E-state index is 10.7. The molecule has 1 atom stereocenters. The largest absolute Gasteiger partial charge is 0.497 e. The Labute approximate surface area is 77.0 Å². The molecule has 70 valence electrons. The Kier molecular flexibility index (Phi) is 2.90. The van der Waals surface area contributed by atoms with Gasteiger partial charge in [0.15, 0.2) is 0 Å². The van der Waals surface area contributed by atoms with Gasteiger partial charge in [0.05, 0.1) is 13.0 Å². The minimum absolute atomic E-state index is 0.491. The van der Waals surface area contributed by atoms with Gasteiger partial charge in [-0.3, -0.25) is 4.79 Å². The van der Waals surface area contributed by atoms with E-state index in [9.17, 15) is 4.79 Å². The molecule has 1 aromatic carbocycles. The highest BCUT2D eigenvalue weighted by Gasteiger charge is 2.13. The maximum Gasteiger partial charge on any atom is 0.310 e. The lowest BCUT2D eigenvalue weighted by Gasteiger charge is -2.07. The van der Waals surface area contributed by atoms with E-state index in [0.29, 0.717) is 5.75 Å². The van der Waals surface area contributed by atoms with Crippen LogP contribution in [0.15, 0.2) is 24.3 Å². The molecular formula is C10H12O3. The molecule has 0 aliphatic carbocycles. The van der Waals surface area contributed by atoms with Crippen molar-refractivity contribution in [1.82, 2.24) is 0 Å². The SMILES string of the molecule is COc1cccc([C@H](C)C(=O)O)c1. The topological polar surface area (TPSA) is 46.5 Å². The first-order valence-corrected chi connectivity index (χ1v) is 4.02. The van der Waals surface area contributed by atoms with Crippen LogP contribution in [0.1, 0.15) is 18.4 Å². The van der Waals surface area contributed by atoms with Gasteiger partial charge in [0, 0.05) is 0 Å². The Hall–Kier alpha value is -1.51. The predicted molar refractivity (Wildman–Crippen MR) is 49.0 cm³/mol. The van der Waals surface area contributed by atoms with Gasteiger partial charge in [-0.1, -0.05) is 12.1 Å². The summed E-state index contributed by atoms with van der Waals surface area (Å²) in [4.78, 5) is 10.7. The van der Waals surface area contributed by atoms with Gasteiger partial charge in [-0.25, -0.2) is 0 Å². The fraction of sp³-hybridized carbons (Fsp3) is 0.300. The Bertz CT molecular complexity index is 307. The molecule has 0 heterocycles. The molecule has 3 nitrogen and oxygen atoms in total. The fourth-order valence-corrected chi connectivity index (χ4v) is 1.05. The van der Waals surface area contributed by atoms with Crippen LogP contribution in [0.3, 0.4) is 0 Å². The lowest BCUT2D eigenvalue weighted by molar-refractivity contribution is -0.138. The molecule has 0 aromatic heterocycles. The fourth-order valence-electron chi connectivity index (χ4n) is 1.05. The molecule has 1 rings (SSSR count). The molecule has 0 aliphatic rings. The summed E-state index contributed by atoms with van der Waals surface area (Å²) in [6.07, 6.45) is 0. The molecule has 0 saturated carbocycles. The highest BCUT2D eigenvalue weighted by molar-refractivity contribution is 5.75. The molecule has 3 heteroatoms. The van der Waals surface area contributed by atoms with Crippen molar-refractivity contribution >= 4 is 5.97 Å². The third kappa shape index (κ3) is 2.21. The van der Waals surface area contributed by atoms with Crippen molar-refractivity contribution in [2.24, 2.45) is 0 Å². The van der Waals surface area contributed by atoms with E-state index >= 15 is 0 Å². The smallest absolute Gasteiger partial charge is 0.310 e. The van der Waals surface area contributed by atoms with E-state index in [-0.39, 0.29) is 0 Å². The van der Waals surface area contributed by atoms with Crippen molar-refractivity contribution < 1.29 is 14.6 Å². The van der Waals surface area contributed by atoms with E-state index < -0.39 is 11.9 Å². The van der Waals surface area contributed by atoms with Gasteiger partial charge in [-0.05, 0) is 24.6 Å². The highest BCUT2D eigenvalue weighted by Crippen LogP contribution is 2.20. The first-order valence-electron chi connectivity index (χ1n) is 4.02. The molecule has 0 aliphatic heterocycles. The minimum Gasteiger partial charge on any atom is -0.497 e. The van der Waals surface area contributed by atoms with Gasteiger partial charge < -0.3 is 9.84 Å². The van der Waals surface area contributed by atoms with Gasteiger partial charge in [-0.2, -0.15) is 0 Å². The van der Waals surface area contributed by atoms with Gasteiger partial charge in [-0.15, -0.1) is 0 Å². The molecule has 0 unspecified atom stereocenters. The molecule has 0 amide bonds. The van der Waals surface area contributed by atoms with E-state index in [1.165, 1.54) is 0 Å². The third-order valence-corrected chi connectivity index (χ3v) is 1.96. The zero-order valence-corrected chi connectivity index (χ0v) is 7.65. The predicted octanol–water partition coefficient (Wildman–Crippen LogP) is 1.88.